The average molecular weight is 532 g/mol. The summed E-state index contributed by atoms with van der Waals surface area (Å²) >= 11 is 0. The lowest BCUT2D eigenvalue weighted by Gasteiger charge is -2.46. The number of azide groups is 1. The van der Waals surface area contributed by atoms with E-state index in [2.05, 4.69) is 14.2 Å². The molecule has 7 N–H and O–H groups in total. The first-order valence-corrected chi connectivity index (χ1v) is 12.1. The lowest BCUT2D eigenvalue weighted by molar-refractivity contribution is -0.346. The van der Waals surface area contributed by atoms with E-state index in [9.17, 15) is 38.5 Å². The molecule has 0 radical (unpaired) electrons. The highest BCUT2D eigenvalue weighted by molar-refractivity contribution is 7.80. The Morgan fingerprint density at radius 1 is 1.00 bits per heavy atom. The summed E-state index contributed by atoms with van der Waals surface area (Å²) in [5.41, 5.74) is 14.2. The zero-order chi connectivity index (χ0) is 26.2. The van der Waals surface area contributed by atoms with E-state index in [1.54, 1.807) is 0 Å². The molecule has 0 aromatic carbocycles. The molecule has 204 valence electrons. The van der Waals surface area contributed by atoms with Crippen molar-refractivity contribution in [1.82, 2.24) is 0 Å². The van der Waals surface area contributed by atoms with Crippen LogP contribution in [0.2, 0.25) is 0 Å². The number of hydrogen-bond acceptors (Lipinski definition) is 15. The summed E-state index contributed by atoms with van der Waals surface area (Å²) in [5, 5.41) is 53.5. The maximum Gasteiger partial charge on any atom is 0.217 e. The van der Waals surface area contributed by atoms with Gasteiger partial charge in [-0.05, 0) is 18.4 Å². The van der Waals surface area contributed by atoms with Crippen molar-refractivity contribution in [2.45, 2.75) is 80.6 Å². The van der Waals surface area contributed by atoms with Gasteiger partial charge in [0, 0.05) is 18.1 Å². The second kappa shape index (κ2) is 13.9. The third-order valence-corrected chi connectivity index (χ3v) is 5.91. The Morgan fingerprint density at radius 3 is 2.31 bits per heavy atom. The van der Waals surface area contributed by atoms with Gasteiger partial charge in [-0.15, -0.1) is 0 Å². The molecule has 0 saturated carbocycles. The first kappa shape index (κ1) is 30.0. The molecular weight excluding hydrogens is 500 g/mol. The van der Waals surface area contributed by atoms with Crippen LogP contribution in [-0.4, -0.2) is 126 Å². The molecule has 2 aliphatic heterocycles. The van der Waals surface area contributed by atoms with E-state index in [0.717, 1.165) is 0 Å². The van der Waals surface area contributed by atoms with Crippen LogP contribution in [0.15, 0.2) is 5.11 Å². The zero-order valence-electron chi connectivity index (χ0n) is 18.6. The van der Waals surface area contributed by atoms with Crippen molar-refractivity contribution in [1.29, 1.82) is 0 Å². The Kier molecular flexibility index (Phi) is 11.9. The third kappa shape index (κ3) is 8.69. The Bertz CT molecular complexity index is 799. The third-order valence-electron chi connectivity index (χ3n) is 5.48. The fourth-order valence-corrected chi connectivity index (χ4v) is 3.88. The molecule has 18 heteroatoms. The number of nitrogens with zero attached hydrogens (tertiary/aromatic N) is 3. The topological polar surface area (TPSA) is 279 Å². The van der Waals surface area contributed by atoms with Crippen molar-refractivity contribution < 1.29 is 61.6 Å². The molecule has 2 rings (SSSR count). The molecule has 2 aliphatic rings. The number of aliphatic hydroxyl groups is 5. The van der Waals surface area contributed by atoms with Gasteiger partial charge in [0.05, 0.1) is 19.3 Å². The summed E-state index contributed by atoms with van der Waals surface area (Å²) in [6.45, 7) is -1.22. The number of rotatable bonds is 13. The molecule has 0 aliphatic carbocycles. The summed E-state index contributed by atoms with van der Waals surface area (Å²) in [7, 11) is -5.16. The highest BCUT2D eigenvalue weighted by Gasteiger charge is 2.50. The van der Waals surface area contributed by atoms with Crippen molar-refractivity contribution in [2.24, 2.45) is 10.8 Å². The highest BCUT2D eigenvalue weighted by atomic mass is 32.3. The lowest BCUT2D eigenvalue weighted by Crippen LogP contribution is -2.66. The van der Waals surface area contributed by atoms with Crippen LogP contribution in [0.4, 0.5) is 0 Å². The summed E-state index contributed by atoms with van der Waals surface area (Å²) in [6, 6.07) is -1.24. The predicted octanol–water partition coefficient (Wildman–Crippen LogP) is -3.44. The molecule has 10 atom stereocenters. The van der Waals surface area contributed by atoms with Gasteiger partial charge in [-0.3, -0.25) is 4.18 Å². The summed E-state index contributed by atoms with van der Waals surface area (Å²) < 4.78 is 58.9. The van der Waals surface area contributed by atoms with Crippen molar-refractivity contribution >= 4 is 10.4 Å². The standard InChI is InChI=1S/C17H32N4O13S/c18-10-12(24)15(34-17-14(26)13(25)11(23)8(6-22)32-17)9(7-31-35(27,28)29)33-16(10)30-5-3-1-2-4-20-21-19/h8-17,22-26H,1-7,18H2,(H,27,28,29)/p-1/t8?,9?,10?,11-,12+,13-,14?,15+,16+,17-/m0/s1. The summed E-state index contributed by atoms with van der Waals surface area (Å²) in [6.07, 6.45) is -12.4. The van der Waals surface area contributed by atoms with Crippen LogP contribution in [0.1, 0.15) is 19.3 Å². The molecule has 0 amide bonds. The SMILES string of the molecule is [N-]=[N+]=NCCCCCO[C@@H]1OC(COS(=O)(=O)[O-])[C@@H](O[C@@H]2OC(CO)[C@H](O)[C@H](O)C2O)[C@H](O)C1N. The van der Waals surface area contributed by atoms with Crippen LogP contribution in [0.5, 0.6) is 0 Å². The molecule has 2 saturated heterocycles. The zero-order valence-corrected chi connectivity index (χ0v) is 19.4. The smallest absolute Gasteiger partial charge is 0.217 e. The minimum absolute atomic E-state index is 0.118. The van der Waals surface area contributed by atoms with Gasteiger partial charge in [0.25, 0.3) is 0 Å². The van der Waals surface area contributed by atoms with Crippen LogP contribution < -0.4 is 5.73 Å². The quantitative estimate of drug-likeness (QED) is 0.0337. The minimum Gasteiger partial charge on any atom is -0.726 e. The molecule has 0 bridgehead atoms. The molecule has 2 heterocycles. The first-order valence-electron chi connectivity index (χ1n) is 10.8. The van der Waals surface area contributed by atoms with Gasteiger partial charge in [-0.1, -0.05) is 11.5 Å². The second-order valence-corrected chi connectivity index (χ2v) is 9.04. The Balaban J connectivity index is 2.07. The molecule has 0 spiro atoms. The number of nitrogens with two attached hydrogens (primary N) is 1. The second-order valence-electron chi connectivity index (χ2n) is 7.99. The molecule has 0 aromatic rings. The summed E-state index contributed by atoms with van der Waals surface area (Å²) in [4.78, 5) is 2.64. The number of hydrogen-bond donors (Lipinski definition) is 6. The Hall–Kier alpha value is -1.22. The van der Waals surface area contributed by atoms with E-state index in [0.29, 0.717) is 25.8 Å². The molecule has 0 aromatic heterocycles. The maximum absolute atomic E-state index is 11.0. The number of aliphatic hydroxyl groups excluding tert-OH is 5. The van der Waals surface area contributed by atoms with Gasteiger partial charge >= 0.3 is 0 Å². The normalized spacial score (nSPS) is 38.1. The van der Waals surface area contributed by atoms with Gasteiger partial charge < -0.3 is 54.8 Å². The minimum atomic E-state index is -5.16. The van der Waals surface area contributed by atoms with E-state index in [1.807, 2.05) is 0 Å². The Labute approximate surface area is 200 Å². The molecule has 35 heavy (non-hydrogen) atoms. The van der Waals surface area contributed by atoms with Crippen molar-refractivity contribution in [3.8, 4) is 0 Å². The van der Waals surface area contributed by atoms with E-state index >= 15 is 0 Å². The molecule has 2 fully saturated rings. The van der Waals surface area contributed by atoms with Crippen LogP contribution in [0, 0.1) is 0 Å². The first-order chi connectivity index (χ1) is 16.5. The lowest BCUT2D eigenvalue weighted by atomic mass is 9.96. The molecule has 17 nitrogen and oxygen atoms in total. The van der Waals surface area contributed by atoms with E-state index in [4.69, 9.17) is 30.2 Å². The van der Waals surface area contributed by atoms with E-state index in [-0.39, 0.29) is 6.61 Å². The van der Waals surface area contributed by atoms with Gasteiger partial charge in [0.1, 0.15) is 42.7 Å². The molecule has 4 unspecified atom stereocenters. The van der Waals surface area contributed by atoms with Crippen molar-refractivity contribution in [3.63, 3.8) is 0 Å². The number of unbranched alkanes of at least 4 members (excludes halogenated alkanes) is 2. The fourth-order valence-electron chi connectivity index (χ4n) is 3.58. The van der Waals surface area contributed by atoms with E-state index in [1.165, 1.54) is 0 Å². The van der Waals surface area contributed by atoms with Crippen LogP contribution in [0.25, 0.3) is 10.4 Å². The fraction of sp³-hybridized carbons (Fsp3) is 1.00. The maximum atomic E-state index is 11.0. The van der Waals surface area contributed by atoms with E-state index < -0.39 is 85.0 Å². The predicted molar refractivity (Wildman–Crippen MR) is 111 cm³/mol. The monoisotopic (exact) mass is 531 g/mol. The van der Waals surface area contributed by atoms with Gasteiger partial charge in [-0.25, -0.2) is 8.42 Å². The van der Waals surface area contributed by atoms with Gasteiger partial charge in [0.2, 0.25) is 10.4 Å². The molecular formula is C17H31N4O13S-. The summed E-state index contributed by atoms with van der Waals surface area (Å²) in [5.74, 6) is 0. The number of ether oxygens (including phenoxy) is 4. The van der Waals surface area contributed by atoms with Gasteiger partial charge in [0.15, 0.2) is 12.6 Å². The Morgan fingerprint density at radius 2 is 1.69 bits per heavy atom. The largest absolute Gasteiger partial charge is 0.726 e. The van der Waals surface area contributed by atoms with Crippen LogP contribution >= 0.6 is 0 Å². The average Bonchev–Trinajstić information content (AvgIpc) is 2.81. The van der Waals surface area contributed by atoms with Crippen molar-refractivity contribution in [3.05, 3.63) is 10.4 Å². The van der Waals surface area contributed by atoms with Gasteiger partial charge in [-0.2, -0.15) is 0 Å². The van der Waals surface area contributed by atoms with Crippen LogP contribution in [-0.2, 0) is 33.5 Å². The van der Waals surface area contributed by atoms with Crippen molar-refractivity contribution in [2.75, 3.05) is 26.4 Å². The highest BCUT2D eigenvalue weighted by Crippen LogP contribution is 2.29. The van der Waals surface area contributed by atoms with Crippen LogP contribution in [0.3, 0.4) is 0 Å².